The van der Waals surface area contributed by atoms with Crippen molar-refractivity contribution in [3.63, 3.8) is 0 Å². The van der Waals surface area contributed by atoms with Gasteiger partial charge in [-0.3, -0.25) is 14.4 Å². The highest BCUT2D eigenvalue weighted by Crippen LogP contribution is 2.22. The van der Waals surface area contributed by atoms with Crippen molar-refractivity contribution in [2.45, 2.75) is 19.3 Å². The predicted molar refractivity (Wildman–Crippen MR) is 68.6 cm³/mol. The summed E-state index contributed by atoms with van der Waals surface area (Å²) in [5, 5.41) is 15.8. The molecule has 5 nitrogen and oxygen atoms in total. The fourth-order valence-electron chi connectivity index (χ4n) is 1.50. The van der Waals surface area contributed by atoms with E-state index in [1.165, 1.54) is 0 Å². The summed E-state index contributed by atoms with van der Waals surface area (Å²) in [5.74, 6) is -1.94. The van der Waals surface area contributed by atoms with Crippen molar-refractivity contribution in [2.75, 3.05) is 0 Å². The Balaban J connectivity index is 0.000000203. The lowest BCUT2D eigenvalue weighted by Crippen LogP contribution is -2.00. The number of Topliss-reactive ketones (excluding diaryl/α,β-unsaturated/α-hetero) is 1. The molecule has 0 aromatic heterocycles. The van der Waals surface area contributed by atoms with Crippen molar-refractivity contribution in [1.29, 1.82) is 0 Å². The zero-order valence-corrected chi connectivity index (χ0v) is 10.2. The van der Waals surface area contributed by atoms with E-state index in [0.717, 1.165) is 11.1 Å². The Morgan fingerprint density at radius 3 is 2.26 bits per heavy atom. The Labute approximate surface area is 110 Å². The van der Waals surface area contributed by atoms with Gasteiger partial charge in [0.15, 0.2) is 5.78 Å². The van der Waals surface area contributed by atoms with Crippen LogP contribution in [0.2, 0.25) is 0 Å². The lowest BCUT2D eigenvalue weighted by atomic mass is 10.1. The Kier molecular flexibility index (Phi) is 5.47. The van der Waals surface area contributed by atoms with Gasteiger partial charge in [0.1, 0.15) is 0 Å². The van der Waals surface area contributed by atoms with Gasteiger partial charge < -0.3 is 10.2 Å². The quantitative estimate of drug-likeness (QED) is 0.810. The molecule has 0 saturated heterocycles. The third-order valence-electron chi connectivity index (χ3n) is 2.42. The van der Waals surface area contributed by atoms with Crippen LogP contribution in [0, 0.1) is 0 Å². The first-order chi connectivity index (χ1) is 9.00. The Bertz CT molecular complexity index is 492. The van der Waals surface area contributed by atoms with Gasteiger partial charge in [0.25, 0.3) is 0 Å². The van der Waals surface area contributed by atoms with Crippen molar-refractivity contribution < 1.29 is 24.6 Å². The second-order valence-electron chi connectivity index (χ2n) is 3.90. The van der Waals surface area contributed by atoms with E-state index in [2.05, 4.69) is 0 Å². The van der Waals surface area contributed by atoms with Crippen molar-refractivity contribution in [3.05, 3.63) is 47.6 Å². The summed E-state index contributed by atoms with van der Waals surface area (Å²) >= 11 is 0. The second kappa shape index (κ2) is 7.10. The zero-order chi connectivity index (χ0) is 14.3. The number of rotatable bonds is 3. The van der Waals surface area contributed by atoms with Gasteiger partial charge in [-0.05, 0) is 5.57 Å². The highest BCUT2D eigenvalue weighted by molar-refractivity contribution is 6.03. The summed E-state index contributed by atoms with van der Waals surface area (Å²) < 4.78 is 0. The van der Waals surface area contributed by atoms with Crippen LogP contribution < -0.4 is 0 Å². The van der Waals surface area contributed by atoms with E-state index in [4.69, 9.17) is 10.2 Å². The van der Waals surface area contributed by atoms with Crippen molar-refractivity contribution in [1.82, 2.24) is 0 Å². The summed E-state index contributed by atoms with van der Waals surface area (Å²) in [6, 6.07) is 0. The molecule has 0 bridgehead atoms. The maximum absolute atomic E-state index is 11.3. The molecule has 0 radical (unpaired) electrons. The largest absolute Gasteiger partial charge is 0.481 e. The Morgan fingerprint density at radius 2 is 1.68 bits per heavy atom. The van der Waals surface area contributed by atoms with Crippen molar-refractivity contribution >= 4 is 17.7 Å². The van der Waals surface area contributed by atoms with Crippen LogP contribution in [0.1, 0.15) is 19.3 Å². The van der Waals surface area contributed by atoms with E-state index >= 15 is 0 Å². The number of hydrogen-bond acceptors (Lipinski definition) is 3. The maximum atomic E-state index is 11.3. The molecule has 2 aliphatic carbocycles. The summed E-state index contributed by atoms with van der Waals surface area (Å²) in [7, 11) is 0. The summed E-state index contributed by atoms with van der Waals surface area (Å²) in [5.41, 5.74) is 1.90. The van der Waals surface area contributed by atoms with E-state index in [9.17, 15) is 14.4 Å². The van der Waals surface area contributed by atoms with Gasteiger partial charge in [-0.1, -0.05) is 36.5 Å². The molecule has 0 spiro atoms. The van der Waals surface area contributed by atoms with Crippen LogP contribution in [-0.2, 0) is 14.4 Å². The SMILES string of the molecule is O=C(O)CCC(=O)O.O=C1CC=CC=C2C=CC=C12. The number of hydrogen-bond donors (Lipinski definition) is 2. The number of carbonyl (C=O) groups is 3. The smallest absolute Gasteiger partial charge is 0.303 e. The normalized spacial score (nSPS) is 15.7. The Hall–Kier alpha value is -2.43. The molecule has 0 unspecified atom stereocenters. The molecule has 2 N–H and O–H groups in total. The highest BCUT2D eigenvalue weighted by Gasteiger charge is 2.14. The van der Waals surface area contributed by atoms with Crippen molar-refractivity contribution in [3.8, 4) is 0 Å². The van der Waals surface area contributed by atoms with E-state index in [1.54, 1.807) is 0 Å². The molecule has 0 aromatic rings. The number of ketones is 1. The minimum absolute atomic E-state index is 0.218. The van der Waals surface area contributed by atoms with Crippen LogP contribution in [-0.4, -0.2) is 27.9 Å². The number of aliphatic carboxylic acids is 2. The fraction of sp³-hybridized carbons (Fsp3) is 0.214. The molecular formula is C14H14O5. The third-order valence-corrected chi connectivity index (χ3v) is 2.42. The van der Waals surface area contributed by atoms with Gasteiger partial charge in [-0.15, -0.1) is 0 Å². The maximum Gasteiger partial charge on any atom is 0.303 e. The molecule has 19 heavy (non-hydrogen) atoms. The standard InChI is InChI=1S/C10H8O.C4H6O4/c11-10-7-2-1-4-8-5-3-6-9(8)10;5-3(6)1-2-4(7)8/h1-6H,7H2;1-2H2,(H,5,6)(H,7,8). The van der Waals surface area contributed by atoms with Gasteiger partial charge in [0.2, 0.25) is 0 Å². The summed E-state index contributed by atoms with van der Waals surface area (Å²) in [4.78, 5) is 30.6. The summed E-state index contributed by atoms with van der Waals surface area (Å²) in [6.07, 6.45) is 11.5. The monoisotopic (exact) mass is 262 g/mol. The van der Waals surface area contributed by atoms with E-state index < -0.39 is 11.9 Å². The molecule has 2 rings (SSSR count). The molecule has 0 fully saturated rings. The molecule has 0 heterocycles. The lowest BCUT2D eigenvalue weighted by Gasteiger charge is -1.97. The van der Waals surface area contributed by atoms with Gasteiger partial charge in [0, 0.05) is 12.0 Å². The average molecular weight is 262 g/mol. The highest BCUT2D eigenvalue weighted by atomic mass is 16.4. The van der Waals surface area contributed by atoms with Gasteiger partial charge >= 0.3 is 11.9 Å². The van der Waals surface area contributed by atoms with Crippen LogP contribution in [0.3, 0.4) is 0 Å². The Morgan fingerprint density at radius 1 is 1.05 bits per heavy atom. The minimum atomic E-state index is -1.08. The zero-order valence-electron chi connectivity index (χ0n) is 10.2. The van der Waals surface area contributed by atoms with Crippen LogP contribution in [0.25, 0.3) is 0 Å². The van der Waals surface area contributed by atoms with E-state index in [1.807, 2.05) is 36.5 Å². The molecule has 5 heteroatoms. The first kappa shape index (κ1) is 14.6. The van der Waals surface area contributed by atoms with E-state index in [-0.39, 0.29) is 18.6 Å². The fourth-order valence-corrected chi connectivity index (χ4v) is 1.50. The van der Waals surface area contributed by atoms with Gasteiger partial charge in [-0.25, -0.2) is 0 Å². The number of carboxylic acid groups (broad SMARTS) is 2. The molecule has 0 amide bonds. The third kappa shape index (κ3) is 5.16. The van der Waals surface area contributed by atoms with Crippen LogP contribution >= 0.6 is 0 Å². The van der Waals surface area contributed by atoms with Crippen LogP contribution in [0.15, 0.2) is 47.6 Å². The van der Waals surface area contributed by atoms with Gasteiger partial charge in [-0.2, -0.15) is 0 Å². The first-order valence-corrected chi connectivity index (χ1v) is 5.73. The summed E-state index contributed by atoms with van der Waals surface area (Å²) in [6.45, 7) is 0. The predicted octanol–water partition coefficient (Wildman–Crippen LogP) is 1.87. The van der Waals surface area contributed by atoms with Crippen LogP contribution in [0.5, 0.6) is 0 Å². The number of fused-ring (bicyclic) bond motifs is 1. The molecular weight excluding hydrogens is 248 g/mol. The molecule has 100 valence electrons. The lowest BCUT2D eigenvalue weighted by molar-refractivity contribution is -0.143. The molecule has 0 aliphatic heterocycles. The molecule has 2 aliphatic rings. The molecule has 0 aromatic carbocycles. The van der Waals surface area contributed by atoms with Crippen LogP contribution in [0.4, 0.5) is 0 Å². The second-order valence-corrected chi connectivity index (χ2v) is 3.90. The topological polar surface area (TPSA) is 91.7 Å². The number of allylic oxidation sites excluding steroid dienone is 8. The molecule has 0 saturated carbocycles. The van der Waals surface area contributed by atoms with Gasteiger partial charge in [0.05, 0.1) is 12.8 Å². The number of carbonyl (C=O) groups excluding carboxylic acids is 1. The number of carboxylic acids is 2. The average Bonchev–Trinajstić information content (AvgIpc) is 2.74. The molecule has 0 atom stereocenters. The van der Waals surface area contributed by atoms with Crippen molar-refractivity contribution in [2.24, 2.45) is 0 Å². The first-order valence-electron chi connectivity index (χ1n) is 5.73. The van der Waals surface area contributed by atoms with E-state index in [0.29, 0.717) is 6.42 Å². The minimum Gasteiger partial charge on any atom is -0.481 e.